The third-order valence-electron chi connectivity index (χ3n) is 4.21. The van der Waals surface area contributed by atoms with Crippen LogP contribution in [0.3, 0.4) is 0 Å². The van der Waals surface area contributed by atoms with E-state index in [0.717, 1.165) is 17.5 Å². The summed E-state index contributed by atoms with van der Waals surface area (Å²) in [5.74, 6) is 0. The van der Waals surface area contributed by atoms with E-state index in [-0.39, 0.29) is 12.1 Å². The second kappa shape index (κ2) is 7.70. The smallest absolute Gasteiger partial charge is 0.409 e. The lowest BCUT2D eigenvalue weighted by molar-refractivity contribution is 0.118. The summed E-state index contributed by atoms with van der Waals surface area (Å²) in [5.41, 5.74) is 3.96. The minimum Gasteiger partial charge on any atom is -0.453 e. The van der Waals surface area contributed by atoms with Gasteiger partial charge < -0.3 is 20.3 Å². The zero-order valence-electron chi connectivity index (χ0n) is 14.1. The molecule has 0 saturated heterocycles. The molecule has 2 N–H and O–H groups in total. The number of ether oxygens (including phenoxy) is 1. The number of nitrogens with zero attached hydrogens (tertiary/aromatic N) is 1. The van der Waals surface area contributed by atoms with E-state index in [9.17, 15) is 9.59 Å². The molecule has 130 valence electrons. The third kappa shape index (κ3) is 4.29. The van der Waals surface area contributed by atoms with Gasteiger partial charge >= 0.3 is 12.1 Å². The lowest BCUT2D eigenvalue weighted by atomic mass is 9.99. The Morgan fingerprint density at radius 1 is 1.12 bits per heavy atom. The van der Waals surface area contributed by atoms with Gasteiger partial charge in [-0.1, -0.05) is 36.4 Å². The largest absolute Gasteiger partial charge is 0.453 e. The van der Waals surface area contributed by atoms with Crippen molar-refractivity contribution in [2.45, 2.75) is 19.5 Å². The minimum absolute atomic E-state index is 0.260. The van der Waals surface area contributed by atoms with Gasteiger partial charge in [-0.2, -0.15) is 0 Å². The number of methoxy groups -OCH3 is 1. The van der Waals surface area contributed by atoms with Gasteiger partial charge in [0.05, 0.1) is 7.11 Å². The maximum Gasteiger partial charge on any atom is 0.409 e. The van der Waals surface area contributed by atoms with Crippen LogP contribution < -0.4 is 10.6 Å². The lowest BCUT2D eigenvalue weighted by Crippen LogP contribution is -2.36. The maximum absolute atomic E-state index is 12.1. The van der Waals surface area contributed by atoms with Crippen LogP contribution in [0, 0.1) is 0 Å². The van der Waals surface area contributed by atoms with Crippen molar-refractivity contribution in [1.29, 1.82) is 0 Å². The first-order valence-corrected chi connectivity index (χ1v) is 8.19. The summed E-state index contributed by atoms with van der Waals surface area (Å²) >= 11 is 0. The fraction of sp³-hybridized carbons (Fsp3) is 0.263. The molecule has 0 saturated carbocycles. The number of rotatable bonds is 3. The number of carbonyl (C=O) groups excluding carboxylic acids is 2. The van der Waals surface area contributed by atoms with Crippen molar-refractivity contribution in [2.75, 3.05) is 19.0 Å². The predicted octanol–water partition coefficient (Wildman–Crippen LogP) is 3.13. The first-order chi connectivity index (χ1) is 12.2. The van der Waals surface area contributed by atoms with Crippen LogP contribution in [0.2, 0.25) is 0 Å². The molecule has 0 aliphatic carbocycles. The summed E-state index contributed by atoms with van der Waals surface area (Å²) in [5, 5.41) is 5.66. The van der Waals surface area contributed by atoms with Crippen LogP contribution in [0.25, 0.3) is 0 Å². The van der Waals surface area contributed by atoms with Crippen molar-refractivity contribution in [3.8, 4) is 0 Å². The van der Waals surface area contributed by atoms with E-state index >= 15 is 0 Å². The topological polar surface area (TPSA) is 70.7 Å². The summed E-state index contributed by atoms with van der Waals surface area (Å²) in [6.45, 7) is 1.60. The number of hydrogen-bond acceptors (Lipinski definition) is 3. The Balaban J connectivity index is 1.60. The van der Waals surface area contributed by atoms with Crippen molar-refractivity contribution < 1.29 is 14.3 Å². The monoisotopic (exact) mass is 339 g/mol. The highest BCUT2D eigenvalue weighted by atomic mass is 16.5. The second-order valence-corrected chi connectivity index (χ2v) is 5.92. The van der Waals surface area contributed by atoms with Crippen LogP contribution >= 0.6 is 0 Å². The molecular formula is C19H21N3O3. The molecule has 1 aliphatic rings. The number of amides is 3. The average Bonchev–Trinajstić information content (AvgIpc) is 2.66. The predicted molar refractivity (Wildman–Crippen MR) is 95.3 cm³/mol. The number of hydrogen-bond donors (Lipinski definition) is 2. The van der Waals surface area contributed by atoms with Crippen LogP contribution in [0.15, 0.2) is 48.5 Å². The molecule has 0 aromatic heterocycles. The molecule has 3 rings (SSSR count). The molecule has 2 aromatic carbocycles. The minimum atomic E-state index is -0.329. The molecule has 6 heteroatoms. The summed E-state index contributed by atoms with van der Waals surface area (Å²) in [7, 11) is 1.38. The number of nitrogens with one attached hydrogen (secondary N) is 2. The molecule has 1 heterocycles. The van der Waals surface area contributed by atoms with E-state index in [1.807, 2.05) is 48.5 Å². The van der Waals surface area contributed by atoms with Crippen LogP contribution in [-0.4, -0.2) is 30.7 Å². The van der Waals surface area contributed by atoms with Crippen LogP contribution in [-0.2, 0) is 24.2 Å². The Labute approximate surface area is 146 Å². The molecule has 0 bridgehead atoms. The fourth-order valence-corrected chi connectivity index (χ4v) is 2.87. The Hall–Kier alpha value is -3.02. The number of benzene rings is 2. The Morgan fingerprint density at radius 3 is 2.68 bits per heavy atom. The van der Waals surface area contributed by atoms with Crippen LogP contribution in [0.5, 0.6) is 0 Å². The molecular weight excluding hydrogens is 318 g/mol. The Morgan fingerprint density at radius 2 is 1.92 bits per heavy atom. The highest BCUT2D eigenvalue weighted by molar-refractivity contribution is 5.89. The maximum atomic E-state index is 12.1. The number of anilines is 1. The number of urea groups is 1. The van der Waals surface area contributed by atoms with Gasteiger partial charge in [0.25, 0.3) is 0 Å². The SMILES string of the molecule is COC(=O)N1CCc2ccc(NC(=O)NCc3ccccc3)cc2C1. The average molecular weight is 339 g/mol. The number of fused-ring (bicyclic) bond motifs is 1. The van der Waals surface area contributed by atoms with Gasteiger partial charge in [0.2, 0.25) is 0 Å². The molecule has 0 radical (unpaired) electrons. The van der Waals surface area contributed by atoms with Gasteiger partial charge in [-0.25, -0.2) is 9.59 Å². The zero-order chi connectivity index (χ0) is 17.6. The van der Waals surface area contributed by atoms with Crippen LogP contribution in [0.1, 0.15) is 16.7 Å². The van der Waals surface area contributed by atoms with E-state index in [1.165, 1.54) is 12.7 Å². The van der Waals surface area contributed by atoms with Gasteiger partial charge in [0.1, 0.15) is 0 Å². The lowest BCUT2D eigenvalue weighted by Gasteiger charge is -2.28. The normalized spacial score (nSPS) is 12.9. The van der Waals surface area contributed by atoms with E-state index in [4.69, 9.17) is 4.74 Å². The Bertz CT molecular complexity index is 762. The summed E-state index contributed by atoms with van der Waals surface area (Å²) < 4.78 is 4.78. The summed E-state index contributed by atoms with van der Waals surface area (Å²) in [6, 6.07) is 15.3. The van der Waals surface area contributed by atoms with E-state index in [0.29, 0.717) is 25.3 Å². The van der Waals surface area contributed by atoms with Gasteiger partial charge in [-0.15, -0.1) is 0 Å². The summed E-state index contributed by atoms with van der Waals surface area (Å²) in [6.07, 6.45) is 0.454. The van der Waals surface area contributed by atoms with E-state index in [1.54, 1.807) is 4.90 Å². The molecule has 0 spiro atoms. The molecule has 25 heavy (non-hydrogen) atoms. The molecule has 1 aliphatic heterocycles. The van der Waals surface area contributed by atoms with Gasteiger partial charge in [0, 0.05) is 25.3 Å². The standard InChI is InChI=1S/C19H21N3O3/c1-25-19(24)22-10-9-15-7-8-17(11-16(15)13-22)21-18(23)20-12-14-5-3-2-4-6-14/h2-8,11H,9-10,12-13H2,1H3,(H2,20,21,23). The fourth-order valence-electron chi connectivity index (χ4n) is 2.87. The first kappa shape index (κ1) is 16.8. The van der Waals surface area contributed by atoms with Gasteiger partial charge in [-0.05, 0) is 35.2 Å². The van der Waals surface area contributed by atoms with Crippen molar-refractivity contribution >= 4 is 17.8 Å². The van der Waals surface area contributed by atoms with Crippen LogP contribution in [0.4, 0.5) is 15.3 Å². The highest BCUT2D eigenvalue weighted by Gasteiger charge is 2.21. The molecule has 3 amide bonds. The first-order valence-electron chi connectivity index (χ1n) is 8.19. The zero-order valence-corrected chi connectivity index (χ0v) is 14.1. The number of carbonyl (C=O) groups is 2. The van der Waals surface area contributed by atoms with Crippen molar-refractivity contribution in [3.05, 3.63) is 65.2 Å². The third-order valence-corrected chi connectivity index (χ3v) is 4.21. The van der Waals surface area contributed by atoms with Gasteiger partial charge in [0.15, 0.2) is 0 Å². The molecule has 2 aromatic rings. The van der Waals surface area contributed by atoms with Crippen molar-refractivity contribution in [1.82, 2.24) is 10.2 Å². The summed E-state index contributed by atoms with van der Waals surface area (Å²) in [4.78, 5) is 25.4. The highest BCUT2D eigenvalue weighted by Crippen LogP contribution is 2.23. The molecule has 6 nitrogen and oxygen atoms in total. The van der Waals surface area contributed by atoms with Gasteiger partial charge in [-0.3, -0.25) is 0 Å². The quantitative estimate of drug-likeness (QED) is 0.902. The van der Waals surface area contributed by atoms with Crippen molar-refractivity contribution in [3.63, 3.8) is 0 Å². The Kier molecular flexibility index (Phi) is 5.18. The molecule has 0 fully saturated rings. The van der Waals surface area contributed by atoms with E-state index < -0.39 is 0 Å². The molecule has 0 unspecified atom stereocenters. The van der Waals surface area contributed by atoms with Crippen molar-refractivity contribution in [2.24, 2.45) is 0 Å². The second-order valence-electron chi connectivity index (χ2n) is 5.92. The molecule has 0 atom stereocenters. The van der Waals surface area contributed by atoms with E-state index in [2.05, 4.69) is 10.6 Å².